The van der Waals surface area contributed by atoms with Crippen LogP contribution in [0.3, 0.4) is 0 Å². The van der Waals surface area contributed by atoms with Gasteiger partial charge in [-0.3, -0.25) is 0 Å². The number of hydrogen-bond acceptors (Lipinski definition) is 1. The fourth-order valence-electron chi connectivity index (χ4n) is 2.35. The largest absolute Gasteiger partial charge is 0.392 e. The van der Waals surface area contributed by atoms with Crippen molar-refractivity contribution in [2.75, 3.05) is 0 Å². The molecule has 0 fully saturated rings. The van der Waals surface area contributed by atoms with Crippen molar-refractivity contribution >= 4 is 0 Å². The van der Waals surface area contributed by atoms with E-state index < -0.39 is 18.7 Å². The van der Waals surface area contributed by atoms with E-state index in [0.717, 1.165) is 12.0 Å². The van der Waals surface area contributed by atoms with Crippen molar-refractivity contribution in [2.45, 2.75) is 43.9 Å². The molecule has 1 aromatic carbocycles. The predicted molar refractivity (Wildman–Crippen MR) is 58.8 cm³/mol. The Morgan fingerprint density at radius 3 is 2.65 bits per heavy atom. The molecular weight excluding hydrogens is 229 g/mol. The summed E-state index contributed by atoms with van der Waals surface area (Å²) >= 11 is 0. The molecule has 2 rings (SSSR count). The van der Waals surface area contributed by atoms with E-state index in [2.05, 4.69) is 0 Å². The summed E-state index contributed by atoms with van der Waals surface area (Å²) in [4.78, 5) is 0. The third kappa shape index (κ3) is 3.00. The van der Waals surface area contributed by atoms with Gasteiger partial charge in [0.05, 0.1) is 6.10 Å². The SMILES string of the molecule is OC(CCCC(F)(F)F)C1Cc2ccccc21. The number of fused-ring (bicyclic) bond motifs is 1. The minimum absolute atomic E-state index is 0.00331. The lowest BCUT2D eigenvalue weighted by Gasteiger charge is -2.34. The Labute approximate surface area is 98.3 Å². The molecule has 17 heavy (non-hydrogen) atoms. The Bertz CT molecular complexity index is 386. The first kappa shape index (κ1) is 12.4. The van der Waals surface area contributed by atoms with Gasteiger partial charge in [-0.15, -0.1) is 0 Å². The number of halogens is 3. The first-order valence-corrected chi connectivity index (χ1v) is 5.80. The van der Waals surface area contributed by atoms with Crippen LogP contribution in [0.4, 0.5) is 13.2 Å². The van der Waals surface area contributed by atoms with Crippen LogP contribution >= 0.6 is 0 Å². The van der Waals surface area contributed by atoms with Crippen LogP contribution in [0.15, 0.2) is 24.3 Å². The van der Waals surface area contributed by atoms with Crippen LogP contribution in [0.2, 0.25) is 0 Å². The summed E-state index contributed by atoms with van der Waals surface area (Å²) in [6.45, 7) is 0. The van der Waals surface area contributed by atoms with Crippen LogP contribution in [0.1, 0.15) is 36.3 Å². The fraction of sp³-hybridized carbons (Fsp3) is 0.538. The molecule has 0 radical (unpaired) electrons. The van der Waals surface area contributed by atoms with E-state index in [9.17, 15) is 18.3 Å². The van der Waals surface area contributed by atoms with Crippen molar-refractivity contribution < 1.29 is 18.3 Å². The fourth-order valence-corrected chi connectivity index (χ4v) is 2.35. The van der Waals surface area contributed by atoms with Crippen molar-refractivity contribution in [3.8, 4) is 0 Å². The lowest BCUT2D eigenvalue weighted by atomic mass is 9.73. The van der Waals surface area contributed by atoms with Gasteiger partial charge in [-0.2, -0.15) is 13.2 Å². The van der Waals surface area contributed by atoms with Crippen LogP contribution in [0.25, 0.3) is 0 Å². The van der Waals surface area contributed by atoms with E-state index in [0.29, 0.717) is 0 Å². The second-order valence-electron chi connectivity index (χ2n) is 4.58. The zero-order chi connectivity index (χ0) is 12.5. The molecule has 1 aromatic rings. The van der Waals surface area contributed by atoms with Crippen molar-refractivity contribution in [3.05, 3.63) is 35.4 Å². The van der Waals surface area contributed by atoms with Gasteiger partial charge in [0.25, 0.3) is 0 Å². The molecule has 4 heteroatoms. The number of aliphatic hydroxyl groups is 1. The normalized spacial score (nSPS) is 20.6. The minimum Gasteiger partial charge on any atom is -0.392 e. The third-order valence-electron chi connectivity index (χ3n) is 3.32. The maximum Gasteiger partial charge on any atom is 0.389 e. The summed E-state index contributed by atoms with van der Waals surface area (Å²) in [5, 5.41) is 9.85. The second-order valence-corrected chi connectivity index (χ2v) is 4.58. The lowest BCUT2D eigenvalue weighted by Crippen LogP contribution is -2.29. The molecule has 0 saturated heterocycles. The van der Waals surface area contributed by atoms with Gasteiger partial charge in [-0.1, -0.05) is 24.3 Å². The first-order valence-electron chi connectivity index (χ1n) is 5.80. The van der Waals surface area contributed by atoms with E-state index in [1.54, 1.807) is 0 Å². The quantitative estimate of drug-likeness (QED) is 0.860. The molecule has 94 valence electrons. The first-order chi connectivity index (χ1) is 7.97. The van der Waals surface area contributed by atoms with Crippen LogP contribution in [0, 0.1) is 0 Å². The van der Waals surface area contributed by atoms with Crippen molar-refractivity contribution in [1.82, 2.24) is 0 Å². The maximum absolute atomic E-state index is 12.0. The second kappa shape index (κ2) is 4.69. The van der Waals surface area contributed by atoms with Crippen molar-refractivity contribution in [3.63, 3.8) is 0 Å². The molecule has 0 heterocycles. The molecule has 0 aliphatic heterocycles. The average Bonchev–Trinajstić information content (AvgIpc) is 2.18. The molecule has 0 saturated carbocycles. The monoisotopic (exact) mass is 244 g/mol. The molecule has 0 aromatic heterocycles. The molecule has 0 amide bonds. The van der Waals surface area contributed by atoms with Crippen molar-refractivity contribution in [2.24, 2.45) is 0 Å². The average molecular weight is 244 g/mol. The van der Waals surface area contributed by atoms with Crippen LogP contribution in [-0.2, 0) is 6.42 Å². The van der Waals surface area contributed by atoms with Crippen LogP contribution < -0.4 is 0 Å². The summed E-state index contributed by atoms with van der Waals surface area (Å²) in [7, 11) is 0. The van der Waals surface area contributed by atoms with Gasteiger partial charge in [-0.05, 0) is 30.4 Å². The van der Waals surface area contributed by atoms with Gasteiger partial charge >= 0.3 is 6.18 Å². The van der Waals surface area contributed by atoms with E-state index in [4.69, 9.17) is 0 Å². The summed E-state index contributed by atoms with van der Waals surface area (Å²) in [6.07, 6.45) is -4.56. The Hall–Kier alpha value is -1.03. The maximum atomic E-state index is 12.0. The molecule has 0 spiro atoms. The molecule has 2 atom stereocenters. The topological polar surface area (TPSA) is 20.2 Å². The number of benzene rings is 1. The highest BCUT2D eigenvalue weighted by Gasteiger charge is 2.32. The standard InChI is InChI=1S/C13H15F3O/c14-13(15,16)7-3-6-12(17)11-8-9-4-1-2-5-10(9)11/h1-2,4-5,11-12,17H,3,6-8H2. The highest BCUT2D eigenvalue weighted by Crippen LogP contribution is 2.39. The minimum atomic E-state index is -4.11. The Kier molecular flexibility index (Phi) is 3.43. The Morgan fingerprint density at radius 1 is 1.29 bits per heavy atom. The Morgan fingerprint density at radius 2 is 2.00 bits per heavy atom. The molecule has 1 aliphatic carbocycles. The number of hydrogen-bond donors (Lipinski definition) is 1. The number of aliphatic hydroxyl groups excluding tert-OH is 1. The van der Waals surface area contributed by atoms with Gasteiger partial charge in [0.1, 0.15) is 0 Å². The van der Waals surface area contributed by atoms with Gasteiger partial charge in [0.15, 0.2) is 0 Å². The highest BCUT2D eigenvalue weighted by atomic mass is 19.4. The number of rotatable bonds is 4. The lowest BCUT2D eigenvalue weighted by molar-refractivity contribution is -0.136. The van der Waals surface area contributed by atoms with Gasteiger partial charge in [0.2, 0.25) is 0 Å². The molecular formula is C13H15F3O. The zero-order valence-corrected chi connectivity index (χ0v) is 9.37. The van der Waals surface area contributed by atoms with E-state index >= 15 is 0 Å². The Balaban J connectivity index is 1.81. The van der Waals surface area contributed by atoms with Crippen molar-refractivity contribution in [1.29, 1.82) is 0 Å². The predicted octanol–water partition coefficient (Wildman–Crippen LogP) is 3.42. The number of alkyl halides is 3. The van der Waals surface area contributed by atoms with Crippen LogP contribution in [0.5, 0.6) is 0 Å². The summed E-state index contributed by atoms with van der Waals surface area (Å²) in [5.74, 6) is 0.0273. The van der Waals surface area contributed by atoms with E-state index in [1.165, 1.54) is 5.56 Å². The third-order valence-corrected chi connectivity index (χ3v) is 3.32. The van der Waals surface area contributed by atoms with E-state index in [1.807, 2.05) is 24.3 Å². The molecule has 2 unspecified atom stereocenters. The molecule has 1 N–H and O–H groups in total. The zero-order valence-electron chi connectivity index (χ0n) is 9.37. The summed E-state index contributed by atoms with van der Waals surface area (Å²) in [6, 6.07) is 7.77. The van der Waals surface area contributed by atoms with Crippen LogP contribution in [-0.4, -0.2) is 17.4 Å². The van der Waals surface area contributed by atoms with E-state index in [-0.39, 0.29) is 18.8 Å². The van der Waals surface area contributed by atoms with Gasteiger partial charge in [-0.25, -0.2) is 0 Å². The highest BCUT2D eigenvalue weighted by molar-refractivity contribution is 5.40. The van der Waals surface area contributed by atoms with Gasteiger partial charge < -0.3 is 5.11 Å². The molecule has 1 aliphatic rings. The summed E-state index contributed by atoms with van der Waals surface area (Å²) in [5.41, 5.74) is 2.29. The molecule has 1 nitrogen and oxygen atoms in total. The smallest absolute Gasteiger partial charge is 0.389 e. The summed E-state index contributed by atoms with van der Waals surface area (Å²) < 4.78 is 35.9. The molecule has 0 bridgehead atoms. The van der Waals surface area contributed by atoms with Gasteiger partial charge in [0, 0.05) is 12.3 Å².